The molecule has 0 aliphatic heterocycles. The highest BCUT2D eigenvalue weighted by Crippen LogP contribution is 2.26. The third kappa shape index (κ3) is 2.65. The molecular formula is C14H18N4O2. The number of rotatable bonds is 5. The molecular weight excluding hydrogens is 256 g/mol. The Bertz CT molecular complexity index is 607. The molecule has 0 fully saturated rings. The zero-order valence-corrected chi connectivity index (χ0v) is 11.6. The van der Waals surface area contributed by atoms with Crippen LogP contribution in [0.15, 0.2) is 30.3 Å². The van der Waals surface area contributed by atoms with Crippen LogP contribution in [0.25, 0.3) is 5.69 Å². The van der Waals surface area contributed by atoms with Crippen LogP contribution >= 0.6 is 0 Å². The van der Waals surface area contributed by atoms with E-state index in [4.69, 9.17) is 5.73 Å². The summed E-state index contributed by atoms with van der Waals surface area (Å²) in [6.45, 7) is 1.74. The Morgan fingerprint density at radius 2 is 2.05 bits per heavy atom. The Labute approximate surface area is 117 Å². The minimum atomic E-state index is -0.435. The molecule has 2 rings (SSSR count). The summed E-state index contributed by atoms with van der Waals surface area (Å²) >= 11 is 0. The first-order chi connectivity index (χ1) is 9.54. The number of para-hydroxylation sites is 1. The topological polar surface area (TPSA) is 84.4 Å². The summed E-state index contributed by atoms with van der Waals surface area (Å²) in [6.07, 6.45) is 0. The molecule has 0 saturated heterocycles. The molecule has 1 aromatic carbocycles. The van der Waals surface area contributed by atoms with Gasteiger partial charge in [-0.3, -0.25) is 4.79 Å². The first-order valence-corrected chi connectivity index (χ1v) is 6.28. The number of carbonyl (C=O) groups is 1. The summed E-state index contributed by atoms with van der Waals surface area (Å²) in [5.41, 5.74) is 7.52. The standard InChI is InChI=1S/C14H18N4O2/c1-10-12(9-19)14(17(2)8-13(15)20)18(16-10)11-6-4-3-5-7-11/h3-7,19H,8-9H2,1-2H3,(H2,15,20). The highest BCUT2D eigenvalue weighted by Gasteiger charge is 2.20. The first kappa shape index (κ1) is 14.1. The van der Waals surface area contributed by atoms with Gasteiger partial charge in [-0.15, -0.1) is 0 Å². The fourth-order valence-electron chi connectivity index (χ4n) is 2.18. The number of nitrogens with two attached hydrogens (primary N) is 1. The fourth-order valence-corrected chi connectivity index (χ4v) is 2.18. The second-order valence-electron chi connectivity index (χ2n) is 4.62. The molecule has 0 aliphatic carbocycles. The molecule has 6 nitrogen and oxygen atoms in total. The molecule has 0 spiro atoms. The first-order valence-electron chi connectivity index (χ1n) is 6.28. The Morgan fingerprint density at radius 3 is 2.60 bits per heavy atom. The maximum atomic E-state index is 11.1. The van der Waals surface area contributed by atoms with Gasteiger partial charge in [0.25, 0.3) is 0 Å². The molecule has 0 bridgehead atoms. The van der Waals surface area contributed by atoms with Crippen molar-refractivity contribution in [1.82, 2.24) is 9.78 Å². The van der Waals surface area contributed by atoms with Crippen LogP contribution in [0.3, 0.4) is 0 Å². The number of likely N-dealkylation sites (N-methyl/N-ethyl adjacent to an activating group) is 1. The highest BCUT2D eigenvalue weighted by atomic mass is 16.3. The second-order valence-corrected chi connectivity index (χ2v) is 4.62. The molecule has 3 N–H and O–H groups in total. The molecule has 106 valence electrons. The van der Waals surface area contributed by atoms with E-state index in [1.165, 1.54) is 0 Å². The highest BCUT2D eigenvalue weighted by molar-refractivity contribution is 5.79. The predicted molar refractivity (Wildman–Crippen MR) is 76.7 cm³/mol. The van der Waals surface area contributed by atoms with E-state index in [1.807, 2.05) is 37.3 Å². The van der Waals surface area contributed by atoms with Gasteiger partial charge in [0, 0.05) is 12.6 Å². The van der Waals surface area contributed by atoms with Crippen LogP contribution in [0.2, 0.25) is 0 Å². The summed E-state index contributed by atoms with van der Waals surface area (Å²) in [4.78, 5) is 12.8. The second kappa shape index (κ2) is 5.75. The zero-order chi connectivity index (χ0) is 14.7. The molecule has 6 heteroatoms. The van der Waals surface area contributed by atoms with Gasteiger partial charge in [-0.05, 0) is 19.1 Å². The number of amides is 1. The Hall–Kier alpha value is -2.34. The number of aromatic nitrogens is 2. The van der Waals surface area contributed by atoms with Gasteiger partial charge in [-0.25, -0.2) is 4.68 Å². The lowest BCUT2D eigenvalue weighted by molar-refractivity contribution is -0.116. The maximum Gasteiger partial charge on any atom is 0.236 e. The van der Waals surface area contributed by atoms with E-state index in [1.54, 1.807) is 16.6 Å². The predicted octanol–water partition coefficient (Wildman–Crippen LogP) is 0.595. The average Bonchev–Trinajstić information content (AvgIpc) is 2.75. The number of primary amides is 1. The Balaban J connectivity index is 2.55. The number of hydrogen-bond acceptors (Lipinski definition) is 4. The van der Waals surface area contributed by atoms with Crippen molar-refractivity contribution in [2.45, 2.75) is 13.5 Å². The molecule has 1 aromatic heterocycles. The largest absolute Gasteiger partial charge is 0.391 e. The third-order valence-corrected chi connectivity index (χ3v) is 3.07. The van der Waals surface area contributed by atoms with Crippen molar-refractivity contribution in [1.29, 1.82) is 0 Å². The normalized spacial score (nSPS) is 10.6. The van der Waals surface area contributed by atoms with Crippen molar-refractivity contribution >= 4 is 11.7 Å². The molecule has 0 unspecified atom stereocenters. The minimum Gasteiger partial charge on any atom is -0.391 e. The number of aryl methyl sites for hydroxylation is 1. The van der Waals surface area contributed by atoms with Crippen LogP contribution in [-0.2, 0) is 11.4 Å². The van der Waals surface area contributed by atoms with E-state index in [-0.39, 0.29) is 13.2 Å². The Morgan fingerprint density at radius 1 is 1.40 bits per heavy atom. The van der Waals surface area contributed by atoms with E-state index in [9.17, 15) is 9.90 Å². The van der Waals surface area contributed by atoms with Crippen molar-refractivity contribution < 1.29 is 9.90 Å². The minimum absolute atomic E-state index is 0.0605. The number of benzene rings is 1. The van der Waals surface area contributed by atoms with Crippen LogP contribution in [0, 0.1) is 6.92 Å². The van der Waals surface area contributed by atoms with Gasteiger partial charge in [-0.2, -0.15) is 5.10 Å². The molecule has 1 amide bonds. The summed E-state index contributed by atoms with van der Waals surface area (Å²) in [7, 11) is 1.75. The average molecular weight is 274 g/mol. The van der Waals surface area contributed by atoms with Gasteiger partial charge in [0.2, 0.25) is 5.91 Å². The number of aliphatic hydroxyl groups is 1. The number of aliphatic hydroxyl groups excluding tert-OH is 1. The van der Waals surface area contributed by atoms with E-state index in [0.717, 1.165) is 11.4 Å². The zero-order valence-electron chi connectivity index (χ0n) is 11.6. The van der Waals surface area contributed by atoms with E-state index in [2.05, 4.69) is 5.10 Å². The fraction of sp³-hybridized carbons (Fsp3) is 0.286. The van der Waals surface area contributed by atoms with E-state index in [0.29, 0.717) is 11.4 Å². The SMILES string of the molecule is Cc1nn(-c2ccccc2)c(N(C)CC(N)=O)c1CO. The summed E-state index contributed by atoms with van der Waals surface area (Å²) in [5, 5.41) is 14.0. The molecule has 0 atom stereocenters. The van der Waals surface area contributed by atoms with Crippen molar-refractivity contribution in [3.8, 4) is 5.69 Å². The van der Waals surface area contributed by atoms with Gasteiger partial charge >= 0.3 is 0 Å². The number of hydrogen-bond donors (Lipinski definition) is 2. The van der Waals surface area contributed by atoms with Crippen LogP contribution < -0.4 is 10.6 Å². The van der Waals surface area contributed by atoms with Crippen LogP contribution in [0.1, 0.15) is 11.3 Å². The molecule has 0 aliphatic rings. The van der Waals surface area contributed by atoms with Gasteiger partial charge < -0.3 is 15.7 Å². The number of anilines is 1. The number of carbonyl (C=O) groups excluding carboxylic acids is 1. The van der Waals surface area contributed by atoms with Crippen molar-refractivity contribution in [3.63, 3.8) is 0 Å². The van der Waals surface area contributed by atoms with Crippen molar-refractivity contribution in [2.75, 3.05) is 18.5 Å². The smallest absolute Gasteiger partial charge is 0.236 e. The van der Waals surface area contributed by atoms with Crippen molar-refractivity contribution in [2.24, 2.45) is 5.73 Å². The van der Waals surface area contributed by atoms with Gasteiger partial charge in [0.05, 0.1) is 24.5 Å². The maximum absolute atomic E-state index is 11.1. The van der Waals surface area contributed by atoms with Crippen LogP contribution in [0.5, 0.6) is 0 Å². The molecule has 0 radical (unpaired) electrons. The van der Waals surface area contributed by atoms with Gasteiger partial charge in [0.15, 0.2) is 0 Å². The molecule has 2 aromatic rings. The monoisotopic (exact) mass is 274 g/mol. The number of nitrogens with zero attached hydrogens (tertiary/aromatic N) is 3. The summed E-state index contributed by atoms with van der Waals surface area (Å²) in [6, 6.07) is 9.55. The Kier molecular flexibility index (Phi) is 4.05. The lowest BCUT2D eigenvalue weighted by Gasteiger charge is -2.20. The van der Waals surface area contributed by atoms with Gasteiger partial charge in [0.1, 0.15) is 5.82 Å². The summed E-state index contributed by atoms with van der Waals surface area (Å²) < 4.78 is 1.71. The molecule has 20 heavy (non-hydrogen) atoms. The molecule has 1 heterocycles. The van der Waals surface area contributed by atoms with Crippen molar-refractivity contribution in [3.05, 3.63) is 41.6 Å². The summed E-state index contributed by atoms with van der Waals surface area (Å²) in [5.74, 6) is 0.241. The quantitative estimate of drug-likeness (QED) is 0.836. The lowest BCUT2D eigenvalue weighted by atomic mass is 10.2. The lowest BCUT2D eigenvalue weighted by Crippen LogP contribution is -2.32. The van der Waals surface area contributed by atoms with E-state index >= 15 is 0 Å². The molecule has 0 saturated carbocycles. The van der Waals surface area contributed by atoms with Crippen LogP contribution in [0.4, 0.5) is 5.82 Å². The third-order valence-electron chi connectivity index (χ3n) is 3.07. The van der Waals surface area contributed by atoms with E-state index < -0.39 is 5.91 Å². The van der Waals surface area contributed by atoms with Crippen LogP contribution in [-0.4, -0.2) is 34.4 Å². The van der Waals surface area contributed by atoms with Gasteiger partial charge in [-0.1, -0.05) is 18.2 Å².